The molecule has 0 heterocycles. The van der Waals surface area contributed by atoms with E-state index in [1.165, 1.54) is 6.92 Å². The molecule has 0 saturated heterocycles. The Morgan fingerprint density at radius 1 is 1.06 bits per heavy atom. The Morgan fingerprint density at radius 3 is 1.83 bits per heavy atom. The van der Waals surface area contributed by atoms with Gasteiger partial charge in [-0.25, -0.2) is 18.4 Å². The average Bonchev–Trinajstić information content (AvgIpc) is 2.38. The number of alkyl halides is 2. The number of rotatable bonds is 6. The summed E-state index contributed by atoms with van der Waals surface area (Å²) >= 11 is 0. The van der Waals surface area contributed by atoms with Crippen molar-refractivity contribution >= 4 is 17.7 Å². The van der Waals surface area contributed by atoms with Gasteiger partial charge in [-0.05, 0) is 13.8 Å². The standard InChI is InChI=1S/C7H11FO3.C4H7FO2/c1-3-5(9)6(8)7(10)11-4-2;1-2-7-4(6)3-5/h6H,3-4H2,1-2H3;2-3H2,1H3. The van der Waals surface area contributed by atoms with Crippen LogP contribution in [0.15, 0.2) is 0 Å². The quantitative estimate of drug-likeness (QED) is 0.537. The van der Waals surface area contributed by atoms with Crippen LogP contribution < -0.4 is 0 Å². The Bertz CT molecular complexity index is 268. The summed E-state index contributed by atoms with van der Waals surface area (Å²) in [6, 6.07) is 0. The van der Waals surface area contributed by atoms with Gasteiger partial charge in [-0.3, -0.25) is 4.79 Å². The lowest BCUT2D eigenvalue weighted by Gasteiger charge is -2.03. The van der Waals surface area contributed by atoms with Gasteiger partial charge in [-0.1, -0.05) is 6.92 Å². The summed E-state index contributed by atoms with van der Waals surface area (Å²) < 4.78 is 32.1. The fourth-order valence-electron chi connectivity index (χ4n) is 0.726. The number of hydrogen-bond donors (Lipinski definition) is 0. The van der Waals surface area contributed by atoms with E-state index < -0.39 is 30.6 Å². The molecule has 0 radical (unpaired) electrons. The van der Waals surface area contributed by atoms with Gasteiger partial charge in [-0.2, -0.15) is 0 Å². The minimum Gasteiger partial charge on any atom is -0.464 e. The van der Waals surface area contributed by atoms with E-state index in [9.17, 15) is 23.2 Å². The number of esters is 2. The highest BCUT2D eigenvalue weighted by atomic mass is 19.1. The monoisotopic (exact) mass is 268 g/mol. The highest BCUT2D eigenvalue weighted by Gasteiger charge is 2.25. The molecule has 0 bridgehead atoms. The van der Waals surface area contributed by atoms with Crippen molar-refractivity contribution in [3.8, 4) is 0 Å². The van der Waals surface area contributed by atoms with Crippen LogP contribution in [0.1, 0.15) is 27.2 Å². The van der Waals surface area contributed by atoms with E-state index >= 15 is 0 Å². The molecule has 0 rings (SSSR count). The van der Waals surface area contributed by atoms with Gasteiger partial charge in [0.15, 0.2) is 12.5 Å². The number of Topliss-reactive ketones (excluding diaryl/α,β-unsaturated/α-hetero) is 1. The summed E-state index contributed by atoms with van der Waals surface area (Å²) in [5, 5.41) is 0. The maximum atomic E-state index is 12.6. The molecule has 1 unspecified atom stereocenters. The molecule has 0 saturated carbocycles. The summed E-state index contributed by atoms with van der Waals surface area (Å²) in [4.78, 5) is 30.9. The Morgan fingerprint density at radius 2 is 1.56 bits per heavy atom. The van der Waals surface area contributed by atoms with Crippen LogP contribution in [0.25, 0.3) is 0 Å². The van der Waals surface area contributed by atoms with Crippen molar-refractivity contribution < 1.29 is 32.6 Å². The van der Waals surface area contributed by atoms with Crippen molar-refractivity contribution in [2.24, 2.45) is 0 Å². The van der Waals surface area contributed by atoms with Crippen LogP contribution in [-0.2, 0) is 23.9 Å². The molecule has 1 atom stereocenters. The van der Waals surface area contributed by atoms with Gasteiger partial charge in [0.1, 0.15) is 0 Å². The second-order valence-electron chi connectivity index (χ2n) is 2.87. The van der Waals surface area contributed by atoms with E-state index in [2.05, 4.69) is 9.47 Å². The van der Waals surface area contributed by atoms with E-state index in [0.29, 0.717) is 0 Å². The zero-order chi connectivity index (χ0) is 14.6. The molecule has 0 aromatic rings. The lowest BCUT2D eigenvalue weighted by molar-refractivity contribution is -0.152. The lowest BCUT2D eigenvalue weighted by Crippen LogP contribution is -2.27. The van der Waals surface area contributed by atoms with Gasteiger partial charge in [0, 0.05) is 6.42 Å². The number of carbonyl (C=O) groups is 3. The van der Waals surface area contributed by atoms with E-state index in [0.717, 1.165) is 0 Å². The molecule has 0 N–H and O–H groups in total. The Balaban J connectivity index is 0. The van der Waals surface area contributed by atoms with E-state index in [1.807, 2.05) is 0 Å². The molecule has 18 heavy (non-hydrogen) atoms. The second kappa shape index (κ2) is 11.9. The largest absolute Gasteiger partial charge is 0.464 e. The number of hydrogen-bond acceptors (Lipinski definition) is 5. The van der Waals surface area contributed by atoms with Gasteiger partial charge >= 0.3 is 11.9 Å². The van der Waals surface area contributed by atoms with Crippen LogP contribution in [0.5, 0.6) is 0 Å². The van der Waals surface area contributed by atoms with Gasteiger partial charge in [-0.15, -0.1) is 0 Å². The first-order chi connectivity index (χ1) is 8.44. The zero-order valence-electron chi connectivity index (χ0n) is 10.7. The molecule has 0 aromatic heterocycles. The van der Waals surface area contributed by atoms with Crippen molar-refractivity contribution in [1.29, 1.82) is 0 Å². The predicted octanol–water partition coefficient (Wildman–Crippen LogP) is 1.39. The maximum absolute atomic E-state index is 12.6. The highest BCUT2D eigenvalue weighted by molar-refractivity contribution is 6.01. The molecular formula is C11H18F2O5. The van der Waals surface area contributed by atoms with Gasteiger partial charge in [0.2, 0.25) is 0 Å². The van der Waals surface area contributed by atoms with Gasteiger partial charge in [0.05, 0.1) is 13.2 Å². The fourth-order valence-corrected chi connectivity index (χ4v) is 0.726. The highest BCUT2D eigenvalue weighted by Crippen LogP contribution is 1.99. The van der Waals surface area contributed by atoms with E-state index in [-0.39, 0.29) is 19.6 Å². The molecule has 5 nitrogen and oxygen atoms in total. The predicted molar refractivity (Wildman–Crippen MR) is 59.4 cm³/mol. The minimum absolute atomic E-state index is 0.0139. The number of halogens is 2. The van der Waals surface area contributed by atoms with Crippen LogP contribution in [0.2, 0.25) is 0 Å². The Labute approximate surface area is 104 Å². The molecule has 0 aliphatic carbocycles. The van der Waals surface area contributed by atoms with Crippen molar-refractivity contribution in [3.05, 3.63) is 0 Å². The second-order valence-corrected chi connectivity index (χ2v) is 2.87. The zero-order valence-corrected chi connectivity index (χ0v) is 10.7. The Hall–Kier alpha value is -1.53. The summed E-state index contributed by atoms with van der Waals surface area (Å²) in [5.41, 5.74) is 0. The Kier molecular flexibility index (Phi) is 12.5. The van der Waals surface area contributed by atoms with Gasteiger partial charge < -0.3 is 9.47 Å². The van der Waals surface area contributed by atoms with Crippen molar-refractivity contribution in [2.75, 3.05) is 19.9 Å². The third-order valence-electron chi connectivity index (χ3n) is 1.54. The van der Waals surface area contributed by atoms with Crippen LogP contribution in [0.4, 0.5) is 8.78 Å². The number of ketones is 1. The third kappa shape index (κ3) is 9.68. The first-order valence-corrected chi connectivity index (χ1v) is 5.49. The fraction of sp³-hybridized carbons (Fsp3) is 0.727. The lowest BCUT2D eigenvalue weighted by atomic mass is 10.2. The molecule has 0 aliphatic heterocycles. The molecule has 106 valence electrons. The third-order valence-corrected chi connectivity index (χ3v) is 1.54. The first kappa shape index (κ1) is 18.8. The minimum atomic E-state index is -2.10. The SMILES string of the molecule is CCOC(=O)C(F)C(=O)CC.CCOC(=O)CF. The maximum Gasteiger partial charge on any atom is 0.348 e. The van der Waals surface area contributed by atoms with Gasteiger partial charge in [0.25, 0.3) is 6.17 Å². The summed E-state index contributed by atoms with van der Waals surface area (Å²) in [6.45, 7) is 4.01. The molecular weight excluding hydrogens is 250 g/mol. The van der Waals surface area contributed by atoms with Crippen LogP contribution in [0, 0.1) is 0 Å². The average molecular weight is 268 g/mol. The normalized spacial score (nSPS) is 10.7. The summed E-state index contributed by atoms with van der Waals surface area (Å²) in [5.74, 6) is -2.61. The number of carbonyl (C=O) groups excluding carboxylic acids is 3. The van der Waals surface area contributed by atoms with Crippen LogP contribution >= 0.6 is 0 Å². The van der Waals surface area contributed by atoms with Crippen LogP contribution in [0.3, 0.4) is 0 Å². The molecule has 0 aliphatic rings. The summed E-state index contributed by atoms with van der Waals surface area (Å²) in [6.07, 6.45) is -2.08. The number of ether oxygens (including phenoxy) is 2. The summed E-state index contributed by atoms with van der Waals surface area (Å²) in [7, 11) is 0. The van der Waals surface area contributed by atoms with Crippen molar-refractivity contribution in [3.63, 3.8) is 0 Å². The first-order valence-electron chi connectivity index (χ1n) is 5.49. The van der Waals surface area contributed by atoms with Crippen molar-refractivity contribution in [2.45, 2.75) is 33.4 Å². The smallest absolute Gasteiger partial charge is 0.348 e. The molecule has 0 aromatic carbocycles. The van der Waals surface area contributed by atoms with E-state index in [4.69, 9.17) is 0 Å². The van der Waals surface area contributed by atoms with E-state index in [1.54, 1.807) is 13.8 Å². The van der Waals surface area contributed by atoms with Crippen molar-refractivity contribution in [1.82, 2.24) is 0 Å². The topological polar surface area (TPSA) is 69.7 Å². The molecule has 7 heteroatoms. The molecule has 0 fully saturated rings. The molecule has 0 amide bonds. The van der Waals surface area contributed by atoms with Crippen LogP contribution in [-0.4, -0.2) is 43.8 Å². The molecule has 0 spiro atoms.